The van der Waals surface area contributed by atoms with E-state index in [4.69, 9.17) is 0 Å². The van der Waals surface area contributed by atoms with Gasteiger partial charge in [-0.2, -0.15) is 5.10 Å². The lowest BCUT2D eigenvalue weighted by molar-refractivity contribution is 0.0693. The summed E-state index contributed by atoms with van der Waals surface area (Å²) in [7, 11) is 0. The van der Waals surface area contributed by atoms with Gasteiger partial charge in [-0.15, -0.1) is 0 Å². The zero-order valence-electron chi connectivity index (χ0n) is 11.9. The van der Waals surface area contributed by atoms with Crippen LogP contribution in [0.15, 0.2) is 24.7 Å². The predicted octanol–water partition coefficient (Wildman–Crippen LogP) is 1.10. The van der Waals surface area contributed by atoms with Crippen molar-refractivity contribution in [1.29, 1.82) is 0 Å². The molecule has 1 amide bonds. The van der Waals surface area contributed by atoms with Crippen LogP contribution >= 0.6 is 0 Å². The third-order valence-electron chi connectivity index (χ3n) is 3.99. The highest BCUT2D eigenvalue weighted by molar-refractivity contribution is 5.93. The van der Waals surface area contributed by atoms with Crippen molar-refractivity contribution in [2.75, 3.05) is 13.1 Å². The molecule has 3 aromatic rings. The third kappa shape index (κ3) is 2.22. The molecule has 0 saturated carbocycles. The summed E-state index contributed by atoms with van der Waals surface area (Å²) >= 11 is 0. The maximum Gasteiger partial charge on any atom is 0.289 e. The number of carbonyl (C=O) groups excluding carboxylic acids is 1. The number of nitrogens with zero attached hydrogens (tertiary/aromatic N) is 5. The number of nitrogens with one attached hydrogen (secondary N) is 2. The van der Waals surface area contributed by atoms with Gasteiger partial charge in [0.15, 0.2) is 11.5 Å². The Morgan fingerprint density at radius 1 is 1.36 bits per heavy atom. The first-order valence-corrected chi connectivity index (χ1v) is 7.26. The molecule has 1 saturated heterocycles. The van der Waals surface area contributed by atoms with Crippen molar-refractivity contribution in [2.45, 2.75) is 18.8 Å². The quantitative estimate of drug-likeness (QED) is 0.737. The first-order valence-electron chi connectivity index (χ1n) is 7.26. The molecule has 1 unspecified atom stereocenters. The molecule has 0 aromatic carbocycles. The molecule has 2 N–H and O–H groups in total. The molecule has 0 aliphatic carbocycles. The number of likely N-dealkylation sites (tertiary alicyclic amines) is 1. The van der Waals surface area contributed by atoms with Crippen molar-refractivity contribution in [2.24, 2.45) is 0 Å². The molecule has 0 spiro atoms. The van der Waals surface area contributed by atoms with E-state index in [-0.39, 0.29) is 11.8 Å². The van der Waals surface area contributed by atoms with Gasteiger partial charge in [-0.1, -0.05) is 0 Å². The minimum Gasteiger partial charge on any atom is -0.335 e. The fraction of sp³-hybridized carbons (Fsp3) is 0.357. The normalized spacial score (nSPS) is 18.7. The average Bonchev–Trinajstić information content (AvgIpc) is 3.23. The van der Waals surface area contributed by atoms with Crippen LogP contribution in [0.1, 0.15) is 35.2 Å². The van der Waals surface area contributed by atoms with Crippen molar-refractivity contribution in [3.05, 3.63) is 36.3 Å². The first kappa shape index (κ1) is 12.9. The Morgan fingerprint density at radius 3 is 3.14 bits per heavy atom. The number of imidazole rings is 1. The monoisotopic (exact) mass is 297 g/mol. The van der Waals surface area contributed by atoms with Crippen molar-refractivity contribution in [3.8, 4) is 0 Å². The maximum absolute atomic E-state index is 12.6. The second-order valence-corrected chi connectivity index (χ2v) is 5.42. The van der Waals surface area contributed by atoms with Crippen molar-refractivity contribution in [3.63, 3.8) is 0 Å². The van der Waals surface area contributed by atoms with Gasteiger partial charge in [0.05, 0.1) is 5.52 Å². The van der Waals surface area contributed by atoms with Crippen LogP contribution in [0.2, 0.25) is 0 Å². The summed E-state index contributed by atoms with van der Waals surface area (Å²) in [4.78, 5) is 30.1. The molecule has 1 aliphatic heterocycles. The minimum absolute atomic E-state index is 0.0952. The molecule has 8 nitrogen and oxygen atoms in total. The van der Waals surface area contributed by atoms with Crippen LogP contribution in [0.5, 0.6) is 0 Å². The van der Waals surface area contributed by atoms with Gasteiger partial charge in [0.25, 0.3) is 5.91 Å². The molecule has 3 aromatic heterocycles. The molecular formula is C14H15N7O. The Hall–Kier alpha value is -2.77. The van der Waals surface area contributed by atoms with E-state index in [1.165, 1.54) is 6.33 Å². The SMILES string of the molecule is O=C(c1nc2ncccc2[nH]1)N1CCCC(c2ncn[nH]2)C1. The third-order valence-corrected chi connectivity index (χ3v) is 3.99. The van der Waals surface area contributed by atoms with E-state index in [2.05, 4.69) is 30.1 Å². The largest absolute Gasteiger partial charge is 0.335 e. The summed E-state index contributed by atoms with van der Waals surface area (Å²) in [5.74, 6) is 1.28. The van der Waals surface area contributed by atoms with E-state index < -0.39 is 0 Å². The number of piperidine rings is 1. The number of aromatic amines is 2. The number of H-pyrrole nitrogens is 2. The summed E-state index contributed by atoms with van der Waals surface area (Å²) < 4.78 is 0. The fourth-order valence-corrected chi connectivity index (χ4v) is 2.89. The fourth-order valence-electron chi connectivity index (χ4n) is 2.89. The van der Waals surface area contributed by atoms with Crippen LogP contribution in [0.25, 0.3) is 11.2 Å². The van der Waals surface area contributed by atoms with Crippen LogP contribution in [0.4, 0.5) is 0 Å². The Labute approximate surface area is 126 Å². The number of amides is 1. The zero-order chi connectivity index (χ0) is 14.9. The molecule has 0 bridgehead atoms. The van der Waals surface area contributed by atoms with E-state index >= 15 is 0 Å². The lowest BCUT2D eigenvalue weighted by atomic mass is 9.97. The average molecular weight is 297 g/mol. The van der Waals surface area contributed by atoms with Gasteiger partial charge in [-0.05, 0) is 25.0 Å². The van der Waals surface area contributed by atoms with E-state index in [9.17, 15) is 4.79 Å². The molecule has 4 heterocycles. The lowest BCUT2D eigenvalue weighted by Gasteiger charge is -2.31. The highest BCUT2D eigenvalue weighted by Gasteiger charge is 2.28. The van der Waals surface area contributed by atoms with Gasteiger partial charge in [-0.25, -0.2) is 15.0 Å². The molecule has 0 radical (unpaired) electrons. The second-order valence-electron chi connectivity index (χ2n) is 5.42. The van der Waals surface area contributed by atoms with Gasteiger partial charge in [0.1, 0.15) is 12.2 Å². The van der Waals surface area contributed by atoms with E-state index in [1.54, 1.807) is 6.20 Å². The summed E-state index contributed by atoms with van der Waals surface area (Å²) in [5.41, 5.74) is 1.34. The van der Waals surface area contributed by atoms with Crippen LogP contribution in [-0.2, 0) is 0 Å². The summed E-state index contributed by atoms with van der Waals surface area (Å²) in [6, 6.07) is 3.68. The first-order chi connectivity index (χ1) is 10.8. The number of rotatable bonds is 2. The number of aromatic nitrogens is 6. The molecule has 112 valence electrons. The molecule has 1 fully saturated rings. The van der Waals surface area contributed by atoms with Crippen molar-refractivity contribution in [1.82, 2.24) is 35.0 Å². The highest BCUT2D eigenvalue weighted by Crippen LogP contribution is 2.25. The highest BCUT2D eigenvalue weighted by atomic mass is 16.2. The van der Waals surface area contributed by atoms with Crippen LogP contribution in [-0.4, -0.2) is 54.0 Å². The van der Waals surface area contributed by atoms with Crippen LogP contribution in [0, 0.1) is 0 Å². The van der Waals surface area contributed by atoms with E-state index in [0.29, 0.717) is 18.0 Å². The Balaban J connectivity index is 1.56. The standard InChI is InChI=1S/C14H15N7O/c22-14(13-18-10-4-1-5-15-12(10)19-13)21-6-2-3-9(7-21)11-16-8-17-20-11/h1,4-5,8-9H,2-3,6-7H2,(H,15,18,19)(H,16,17,20). The molecular weight excluding hydrogens is 282 g/mol. The lowest BCUT2D eigenvalue weighted by Crippen LogP contribution is -2.39. The zero-order valence-corrected chi connectivity index (χ0v) is 11.9. The molecule has 4 rings (SSSR count). The molecule has 1 aliphatic rings. The van der Waals surface area contributed by atoms with Gasteiger partial charge < -0.3 is 9.88 Å². The summed E-state index contributed by atoms with van der Waals surface area (Å²) in [6.45, 7) is 1.35. The number of carbonyl (C=O) groups is 1. The summed E-state index contributed by atoms with van der Waals surface area (Å²) in [6.07, 6.45) is 5.11. The predicted molar refractivity (Wildman–Crippen MR) is 78.1 cm³/mol. The van der Waals surface area contributed by atoms with Crippen LogP contribution < -0.4 is 0 Å². The molecule has 8 heteroatoms. The topological polar surface area (TPSA) is 103 Å². The van der Waals surface area contributed by atoms with Gasteiger partial charge >= 0.3 is 0 Å². The summed E-state index contributed by atoms with van der Waals surface area (Å²) in [5, 5.41) is 6.78. The second kappa shape index (κ2) is 5.21. The van der Waals surface area contributed by atoms with Gasteiger partial charge in [0, 0.05) is 25.2 Å². The Morgan fingerprint density at radius 2 is 2.32 bits per heavy atom. The number of fused-ring (bicyclic) bond motifs is 1. The Bertz CT molecular complexity index is 761. The van der Waals surface area contributed by atoms with E-state index in [0.717, 1.165) is 30.7 Å². The number of pyridine rings is 1. The van der Waals surface area contributed by atoms with E-state index in [1.807, 2.05) is 17.0 Å². The molecule has 1 atom stereocenters. The van der Waals surface area contributed by atoms with Crippen molar-refractivity contribution < 1.29 is 4.79 Å². The maximum atomic E-state index is 12.6. The van der Waals surface area contributed by atoms with Gasteiger partial charge in [-0.3, -0.25) is 9.89 Å². The Kier molecular flexibility index (Phi) is 3.06. The molecule has 22 heavy (non-hydrogen) atoms. The van der Waals surface area contributed by atoms with Crippen LogP contribution in [0.3, 0.4) is 0 Å². The van der Waals surface area contributed by atoms with Crippen molar-refractivity contribution >= 4 is 17.1 Å². The van der Waals surface area contributed by atoms with Gasteiger partial charge in [0.2, 0.25) is 0 Å². The smallest absolute Gasteiger partial charge is 0.289 e. The number of hydrogen-bond acceptors (Lipinski definition) is 5. The number of hydrogen-bond donors (Lipinski definition) is 2. The minimum atomic E-state index is -0.0952.